The van der Waals surface area contributed by atoms with Crippen molar-refractivity contribution in [3.63, 3.8) is 0 Å². The minimum atomic E-state index is -0.555. The molecule has 2 rings (SSSR count). The van der Waals surface area contributed by atoms with Crippen LogP contribution in [-0.2, 0) is 20.7 Å². The summed E-state index contributed by atoms with van der Waals surface area (Å²) in [5.74, 6) is -1.04. The standard InChI is InChI=1S/C19H21NO4S/c1-3-14-6-4-5-7-15(14)20-18(22)12-24-19(23)11-9-16(21)17-10-8-13(2)25-17/h4-8,10H,3,9,11-12H2,1-2H3,(H,20,22). The van der Waals surface area contributed by atoms with Crippen LogP contribution in [0.2, 0.25) is 0 Å². The molecule has 132 valence electrons. The van der Waals surface area contributed by atoms with E-state index < -0.39 is 11.9 Å². The van der Waals surface area contributed by atoms with Gasteiger partial charge in [0.25, 0.3) is 5.91 Å². The van der Waals surface area contributed by atoms with Crippen molar-refractivity contribution in [3.05, 3.63) is 51.7 Å². The molecule has 0 aliphatic carbocycles. The number of benzene rings is 1. The zero-order valence-electron chi connectivity index (χ0n) is 14.3. The van der Waals surface area contributed by atoms with Gasteiger partial charge in [-0.3, -0.25) is 14.4 Å². The number of ketones is 1. The molecule has 0 aliphatic rings. The summed E-state index contributed by atoms with van der Waals surface area (Å²) in [4.78, 5) is 37.2. The first kappa shape index (κ1) is 18.9. The second kappa shape index (κ2) is 9.13. The number of rotatable bonds is 8. The number of hydrogen-bond acceptors (Lipinski definition) is 5. The summed E-state index contributed by atoms with van der Waals surface area (Å²) < 4.78 is 4.94. The van der Waals surface area contributed by atoms with Gasteiger partial charge >= 0.3 is 5.97 Å². The molecule has 2 aromatic rings. The van der Waals surface area contributed by atoms with Gasteiger partial charge in [-0.2, -0.15) is 0 Å². The van der Waals surface area contributed by atoms with Gasteiger partial charge in [-0.05, 0) is 37.1 Å². The second-order valence-corrected chi connectivity index (χ2v) is 6.84. The third-order valence-corrected chi connectivity index (χ3v) is 4.65. The lowest BCUT2D eigenvalue weighted by Gasteiger charge is -2.10. The maximum atomic E-state index is 11.9. The minimum absolute atomic E-state index is 0.0331. The minimum Gasteiger partial charge on any atom is -0.456 e. The number of amides is 1. The van der Waals surface area contributed by atoms with Gasteiger partial charge in [-0.25, -0.2) is 0 Å². The van der Waals surface area contributed by atoms with Crippen LogP contribution >= 0.6 is 11.3 Å². The van der Waals surface area contributed by atoms with Gasteiger partial charge in [0.2, 0.25) is 0 Å². The number of esters is 1. The number of thiophene rings is 1. The van der Waals surface area contributed by atoms with E-state index in [1.54, 1.807) is 12.1 Å². The lowest BCUT2D eigenvalue weighted by molar-refractivity contribution is -0.147. The summed E-state index contributed by atoms with van der Waals surface area (Å²) in [5.41, 5.74) is 1.73. The Balaban J connectivity index is 1.74. The van der Waals surface area contributed by atoms with E-state index in [4.69, 9.17) is 4.74 Å². The molecule has 0 fully saturated rings. The van der Waals surface area contributed by atoms with E-state index in [1.165, 1.54) is 11.3 Å². The predicted molar refractivity (Wildman–Crippen MR) is 98.0 cm³/mol. The molecular weight excluding hydrogens is 338 g/mol. The lowest BCUT2D eigenvalue weighted by Crippen LogP contribution is -2.21. The molecule has 0 aliphatic heterocycles. The molecule has 6 heteroatoms. The van der Waals surface area contributed by atoms with E-state index in [9.17, 15) is 14.4 Å². The van der Waals surface area contributed by atoms with Crippen LogP contribution < -0.4 is 5.32 Å². The Kier molecular flexibility index (Phi) is 6.89. The van der Waals surface area contributed by atoms with Crippen molar-refractivity contribution < 1.29 is 19.1 Å². The molecule has 25 heavy (non-hydrogen) atoms. The monoisotopic (exact) mass is 359 g/mol. The van der Waals surface area contributed by atoms with Crippen molar-refractivity contribution in [1.82, 2.24) is 0 Å². The highest BCUT2D eigenvalue weighted by molar-refractivity contribution is 7.14. The predicted octanol–water partition coefficient (Wildman–Crippen LogP) is 3.76. The average molecular weight is 359 g/mol. The number of nitrogens with one attached hydrogen (secondary N) is 1. The topological polar surface area (TPSA) is 72.5 Å². The van der Waals surface area contributed by atoms with Crippen LogP contribution in [0, 0.1) is 6.92 Å². The van der Waals surface area contributed by atoms with Gasteiger partial charge in [0, 0.05) is 17.0 Å². The zero-order valence-corrected chi connectivity index (χ0v) is 15.2. The average Bonchev–Trinajstić information content (AvgIpc) is 3.05. The molecular formula is C19H21NO4S. The number of Topliss-reactive ketones (excluding diaryl/α,β-unsaturated/α-hetero) is 1. The van der Waals surface area contributed by atoms with Crippen LogP contribution in [0.3, 0.4) is 0 Å². The molecule has 0 radical (unpaired) electrons. The molecule has 1 heterocycles. The van der Waals surface area contributed by atoms with Crippen LogP contribution in [-0.4, -0.2) is 24.3 Å². The van der Waals surface area contributed by atoms with E-state index in [-0.39, 0.29) is 25.2 Å². The Morgan fingerprint density at radius 1 is 1.08 bits per heavy atom. The number of aryl methyl sites for hydroxylation is 2. The van der Waals surface area contributed by atoms with Gasteiger partial charge in [0.1, 0.15) is 0 Å². The molecule has 5 nitrogen and oxygen atoms in total. The third kappa shape index (κ3) is 5.83. The number of para-hydroxylation sites is 1. The molecule has 1 amide bonds. The Hall–Kier alpha value is -2.47. The SMILES string of the molecule is CCc1ccccc1NC(=O)COC(=O)CCC(=O)c1ccc(C)s1. The maximum Gasteiger partial charge on any atom is 0.306 e. The van der Waals surface area contributed by atoms with E-state index in [1.807, 2.05) is 38.1 Å². The number of anilines is 1. The first-order chi connectivity index (χ1) is 12.0. The maximum absolute atomic E-state index is 11.9. The number of hydrogen-bond donors (Lipinski definition) is 1. The number of carbonyl (C=O) groups is 3. The van der Waals surface area contributed by atoms with Gasteiger partial charge in [0.15, 0.2) is 12.4 Å². The summed E-state index contributed by atoms with van der Waals surface area (Å²) in [6, 6.07) is 11.1. The van der Waals surface area contributed by atoms with E-state index >= 15 is 0 Å². The Labute approximate surface area is 151 Å². The molecule has 1 N–H and O–H groups in total. The Morgan fingerprint density at radius 2 is 1.84 bits per heavy atom. The van der Waals surface area contributed by atoms with Crippen LogP contribution in [0.1, 0.15) is 39.9 Å². The zero-order chi connectivity index (χ0) is 18.2. The van der Waals surface area contributed by atoms with Gasteiger partial charge in [0.05, 0.1) is 11.3 Å². The van der Waals surface area contributed by atoms with Crippen molar-refractivity contribution in [2.75, 3.05) is 11.9 Å². The molecule has 0 spiro atoms. The fourth-order valence-corrected chi connectivity index (χ4v) is 3.11. The van der Waals surface area contributed by atoms with Crippen LogP contribution in [0.5, 0.6) is 0 Å². The normalized spacial score (nSPS) is 10.3. The fourth-order valence-electron chi connectivity index (χ4n) is 2.28. The summed E-state index contributed by atoms with van der Waals surface area (Å²) in [6.45, 7) is 3.56. The highest BCUT2D eigenvalue weighted by Crippen LogP contribution is 2.18. The highest BCUT2D eigenvalue weighted by atomic mass is 32.1. The van der Waals surface area contributed by atoms with Crippen molar-refractivity contribution in [3.8, 4) is 0 Å². The number of ether oxygens (including phenoxy) is 1. The molecule has 0 bridgehead atoms. The van der Waals surface area contributed by atoms with Crippen molar-refractivity contribution in [2.45, 2.75) is 33.1 Å². The summed E-state index contributed by atoms with van der Waals surface area (Å²) >= 11 is 1.40. The molecule has 1 aromatic carbocycles. The molecule has 0 saturated heterocycles. The largest absolute Gasteiger partial charge is 0.456 e. The van der Waals surface area contributed by atoms with Crippen molar-refractivity contribution in [2.24, 2.45) is 0 Å². The summed E-state index contributed by atoms with van der Waals surface area (Å²) in [6.07, 6.45) is 0.841. The number of carbonyl (C=O) groups excluding carboxylic acids is 3. The summed E-state index contributed by atoms with van der Waals surface area (Å²) in [5, 5.41) is 2.73. The molecule has 1 aromatic heterocycles. The second-order valence-electron chi connectivity index (χ2n) is 5.55. The Morgan fingerprint density at radius 3 is 2.52 bits per heavy atom. The highest BCUT2D eigenvalue weighted by Gasteiger charge is 2.13. The first-order valence-electron chi connectivity index (χ1n) is 8.12. The fraction of sp³-hybridized carbons (Fsp3) is 0.316. The van der Waals surface area contributed by atoms with Gasteiger partial charge < -0.3 is 10.1 Å². The van der Waals surface area contributed by atoms with E-state index in [0.29, 0.717) is 10.6 Å². The van der Waals surface area contributed by atoms with Crippen LogP contribution in [0.4, 0.5) is 5.69 Å². The lowest BCUT2D eigenvalue weighted by atomic mass is 10.1. The van der Waals surface area contributed by atoms with Crippen LogP contribution in [0.15, 0.2) is 36.4 Å². The van der Waals surface area contributed by atoms with Crippen molar-refractivity contribution >= 4 is 34.7 Å². The molecule has 0 unspecified atom stereocenters. The van der Waals surface area contributed by atoms with Gasteiger partial charge in [-0.15, -0.1) is 11.3 Å². The van der Waals surface area contributed by atoms with Crippen LogP contribution in [0.25, 0.3) is 0 Å². The smallest absolute Gasteiger partial charge is 0.306 e. The van der Waals surface area contributed by atoms with E-state index in [0.717, 1.165) is 16.9 Å². The van der Waals surface area contributed by atoms with Crippen molar-refractivity contribution in [1.29, 1.82) is 0 Å². The Bertz CT molecular complexity index is 766. The van der Waals surface area contributed by atoms with E-state index in [2.05, 4.69) is 5.32 Å². The summed E-state index contributed by atoms with van der Waals surface area (Å²) in [7, 11) is 0. The third-order valence-electron chi connectivity index (χ3n) is 3.61. The molecule has 0 atom stereocenters. The molecule has 0 saturated carbocycles. The quantitative estimate of drug-likeness (QED) is 0.575. The first-order valence-corrected chi connectivity index (χ1v) is 8.94. The van der Waals surface area contributed by atoms with Gasteiger partial charge in [-0.1, -0.05) is 25.1 Å².